The normalized spacial score (nSPS) is 14.5. The summed E-state index contributed by atoms with van der Waals surface area (Å²) in [7, 11) is 0. The lowest BCUT2D eigenvalue weighted by Gasteiger charge is -2.33. The van der Waals surface area contributed by atoms with Crippen LogP contribution in [-0.4, -0.2) is 36.1 Å². The average molecular weight is 385 g/mol. The molecule has 0 atom stereocenters. The molecule has 27 heavy (non-hydrogen) atoms. The predicted molar refractivity (Wildman–Crippen MR) is 122 cm³/mol. The van der Waals surface area contributed by atoms with Gasteiger partial charge in [-0.15, -0.1) is 0 Å². The lowest BCUT2D eigenvalue weighted by Crippen LogP contribution is -2.41. The Hall–Kier alpha value is -1.98. The fraction of sp³-hybridized carbons (Fsp3) is 0.409. The highest BCUT2D eigenvalue weighted by Gasteiger charge is 2.27. The monoisotopic (exact) mass is 384 g/mol. The van der Waals surface area contributed by atoms with Gasteiger partial charge in [-0.2, -0.15) is 16.9 Å². The molecule has 0 saturated heterocycles. The van der Waals surface area contributed by atoms with Crippen LogP contribution in [0.3, 0.4) is 0 Å². The van der Waals surface area contributed by atoms with E-state index in [2.05, 4.69) is 79.7 Å². The second-order valence-corrected chi connectivity index (χ2v) is 7.28. The fourth-order valence-electron chi connectivity index (χ4n) is 3.07. The smallest absolute Gasteiger partial charge is 0.148 e. The zero-order valence-electron chi connectivity index (χ0n) is 17.2. The number of rotatable bonds is 6. The number of thioether (sulfide) groups is 1. The molecule has 0 unspecified atom stereocenters. The highest BCUT2D eigenvalue weighted by atomic mass is 32.2. The maximum absolute atomic E-state index is 4.88. The molecular weight excluding hydrogens is 352 g/mol. The van der Waals surface area contributed by atoms with Crippen LogP contribution < -0.4 is 10.2 Å². The van der Waals surface area contributed by atoms with Crippen molar-refractivity contribution in [2.45, 2.75) is 33.6 Å². The molecule has 0 aliphatic carbocycles. The van der Waals surface area contributed by atoms with Gasteiger partial charge in [0.05, 0.1) is 17.9 Å². The van der Waals surface area contributed by atoms with Crippen molar-refractivity contribution in [3.8, 4) is 0 Å². The largest absolute Gasteiger partial charge is 0.310 e. The van der Waals surface area contributed by atoms with E-state index in [1.54, 1.807) is 11.8 Å². The molecule has 1 aliphatic rings. The highest BCUT2D eigenvalue weighted by molar-refractivity contribution is 7.97. The summed E-state index contributed by atoms with van der Waals surface area (Å²) in [5.41, 5.74) is 4.80. The zero-order valence-corrected chi connectivity index (χ0v) is 18.0. The van der Waals surface area contributed by atoms with Gasteiger partial charge in [-0.05, 0) is 62.6 Å². The van der Waals surface area contributed by atoms with E-state index in [0.29, 0.717) is 0 Å². The Kier molecular flexibility index (Phi) is 8.69. The van der Waals surface area contributed by atoms with Crippen LogP contribution in [0.25, 0.3) is 5.70 Å². The van der Waals surface area contributed by atoms with E-state index in [1.165, 1.54) is 17.0 Å². The van der Waals surface area contributed by atoms with Crippen LogP contribution in [0, 0.1) is 6.92 Å². The molecule has 3 rings (SSSR count). The van der Waals surface area contributed by atoms with Crippen LogP contribution >= 0.6 is 11.8 Å². The van der Waals surface area contributed by atoms with Crippen LogP contribution in [0.5, 0.6) is 0 Å². The van der Waals surface area contributed by atoms with E-state index in [4.69, 9.17) is 5.10 Å². The minimum Gasteiger partial charge on any atom is -0.310 e. The van der Waals surface area contributed by atoms with Gasteiger partial charge in [0.2, 0.25) is 0 Å². The summed E-state index contributed by atoms with van der Waals surface area (Å²) < 4.78 is 2.01. The van der Waals surface area contributed by atoms with E-state index in [9.17, 15) is 0 Å². The fourth-order valence-corrected chi connectivity index (χ4v) is 3.07. The summed E-state index contributed by atoms with van der Waals surface area (Å²) in [5, 5.41) is 8.38. The molecule has 2 heterocycles. The number of hydrogen-bond acceptors (Lipinski definition) is 4. The lowest BCUT2D eigenvalue weighted by atomic mass is 10.1. The van der Waals surface area contributed by atoms with Gasteiger partial charge in [0.25, 0.3) is 0 Å². The summed E-state index contributed by atoms with van der Waals surface area (Å²) in [6.45, 7) is 8.25. The van der Waals surface area contributed by atoms with Crippen molar-refractivity contribution in [1.29, 1.82) is 0 Å². The standard InChI is InChI=1S/C20H26N4.C2H6S/c1-4-9-18-20-16(3)12-14-23(20)22-19(15-21-13-5-2)24(18)17-10-7-6-8-11-17;1-3-2/h6-12,14,21H,4-5,13,15H2,1-3H3;1-2H3/b18-9+;. The number of para-hydroxylation sites is 1. The molecule has 1 aromatic carbocycles. The molecule has 5 heteroatoms. The number of fused-ring (bicyclic) bond motifs is 1. The predicted octanol–water partition coefficient (Wildman–Crippen LogP) is 5.21. The first-order valence-electron chi connectivity index (χ1n) is 9.60. The third-order valence-electron chi connectivity index (χ3n) is 4.15. The number of aryl methyl sites for hydroxylation is 1. The van der Waals surface area contributed by atoms with Crippen molar-refractivity contribution in [3.63, 3.8) is 0 Å². The van der Waals surface area contributed by atoms with Crippen LogP contribution in [-0.2, 0) is 0 Å². The SMILES string of the molecule is CC/C=C1\c2c(C)ccn2N=C(CNCCC)N1c1ccccc1.CSC. The number of amidine groups is 1. The molecule has 0 fully saturated rings. The minimum absolute atomic E-state index is 0.750. The molecule has 2 aromatic rings. The number of benzene rings is 1. The van der Waals surface area contributed by atoms with Gasteiger partial charge in [-0.25, -0.2) is 4.68 Å². The molecule has 0 saturated carbocycles. The molecule has 0 radical (unpaired) electrons. The van der Waals surface area contributed by atoms with Gasteiger partial charge in [0.1, 0.15) is 5.84 Å². The third-order valence-corrected chi connectivity index (χ3v) is 4.15. The van der Waals surface area contributed by atoms with E-state index in [1.807, 2.05) is 17.2 Å². The molecule has 4 nitrogen and oxygen atoms in total. The molecule has 1 aromatic heterocycles. The Labute approximate surface area is 168 Å². The van der Waals surface area contributed by atoms with Gasteiger partial charge < -0.3 is 5.32 Å². The Morgan fingerprint density at radius 2 is 1.81 bits per heavy atom. The van der Waals surface area contributed by atoms with Crippen LogP contribution in [0.15, 0.2) is 53.8 Å². The van der Waals surface area contributed by atoms with Crippen molar-refractivity contribution in [2.24, 2.45) is 5.10 Å². The molecule has 0 spiro atoms. The molecule has 1 N–H and O–H groups in total. The summed E-state index contributed by atoms with van der Waals surface area (Å²) in [4.78, 5) is 2.29. The van der Waals surface area contributed by atoms with Crippen molar-refractivity contribution < 1.29 is 0 Å². The van der Waals surface area contributed by atoms with Gasteiger partial charge >= 0.3 is 0 Å². The Balaban J connectivity index is 0.000000817. The number of nitrogens with one attached hydrogen (secondary N) is 1. The molecule has 0 amide bonds. The summed E-state index contributed by atoms with van der Waals surface area (Å²) >= 11 is 1.75. The van der Waals surface area contributed by atoms with Crippen molar-refractivity contribution in [1.82, 2.24) is 9.99 Å². The van der Waals surface area contributed by atoms with Crippen LogP contribution in [0.4, 0.5) is 5.69 Å². The Morgan fingerprint density at radius 1 is 1.11 bits per heavy atom. The first kappa shape index (κ1) is 21.3. The quantitative estimate of drug-likeness (QED) is 0.694. The van der Waals surface area contributed by atoms with Crippen LogP contribution in [0.2, 0.25) is 0 Å². The lowest BCUT2D eigenvalue weighted by molar-refractivity contribution is 0.727. The van der Waals surface area contributed by atoms with E-state index < -0.39 is 0 Å². The second kappa shape index (κ2) is 11.0. The minimum atomic E-state index is 0.750. The van der Waals surface area contributed by atoms with Gasteiger partial charge in [-0.3, -0.25) is 4.90 Å². The first-order chi connectivity index (χ1) is 13.2. The third kappa shape index (κ3) is 5.27. The zero-order chi connectivity index (χ0) is 19.6. The number of allylic oxidation sites excluding steroid dienone is 1. The van der Waals surface area contributed by atoms with Gasteiger partial charge in [0, 0.05) is 11.9 Å². The van der Waals surface area contributed by atoms with Crippen molar-refractivity contribution in [2.75, 3.05) is 30.5 Å². The van der Waals surface area contributed by atoms with E-state index in [0.717, 1.165) is 37.5 Å². The molecule has 1 aliphatic heterocycles. The van der Waals surface area contributed by atoms with Crippen molar-refractivity contribution >= 4 is 29.0 Å². The van der Waals surface area contributed by atoms with E-state index in [-0.39, 0.29) is 0 Å². The summed E-state index contributed by atoms with van der Waals surface area (Å²) in [5.74, 6) is 1.03. The Morgan fingerprint density at radius 3 is 2.44 bits per heavy atom. The number of nitrogens with zero attached hydrogens (tertiary/aromatic N) is 3. The Bertz CT molecular complexity index is 762. The second-order valence-electron chi connectivity index (χ2n) is 6.46. The number of anilines is 1. The summed E-state index contributed by atoms with van der Waals surface area (Å²) in [6, 6.07) is 12.6. The average Bonchev–Trinajstić information content (AvgIpc) is 3.04. The molecule has 0 bridgehead atoms. The number of aromatic nitrogens is 1. The number of hydrogen-bond donors (Lipinski definition) is 1. The van der Waals surface area contributed by atoms with Crippen molar-refractivity contribution in [3.05, 3.63) is 59.9 Å². The molecule has 146 valence electrons. The molecular formula is C22H32N4S. The van der Waals surface area contributed by atoms with Gasteiger partial charge in [-0.1, -0.05) is 38.1 Å². The first-order valence-corrected chi connectivity index (χ1v) is 11.2. The highest BCUT2D eigenvalue weighted by Crippen LogP contribution is 2.32. The summed E-state index contributed by atoms with van der Waals surface area (Å²) in [6.07, 6.45) is 10.5. The van der Waals surface area contributed by atoms with E-state index >= 15 is 0 Å². The van der Waals surface area contributed by atoms with Crippen LogP contribution in [0.1, 0.15) is 37.9 Å². The van der Waals surface area contributed by atoms with Gasteiger partial charge in [0.15, 0.2) is 0 Å². The maximum atomic E-state index is 4.88. The maximum Gasteiger partial charge on any atom is 0.148 e. The topological polar surface area (TPSA) is 32.6 Å².